The molecule has 1 aliphatic rings. The molecule has 1 aromatic heterocycles. The zero-order valence-corrected chi connectivity index (χ0v) is 17.6. The number of fused-ring (bicyclic) bond motifs is 1. The molecule has 0 unspecified atom stereocenters. The largest absolute Gasteiger partial charge is 0.300 e. The van der Waals surface area contributed by atoms with Crippen molar-refractivity contribution >= 4 is 44.6 Å². The molecule has 0 saturated carbocycles. The van der Waals surface area contributed by atoms with Crippen LogP contribution in [0.5, 0.6) is 0 Å². The van der Waals surface area contributed by atoms with Gasteiger partial charge in [-0.2, -0.15) is 0 Å². The first-order chi connectivity index (χ1) is 13.4. The number of carbonyl (C=O) groups excluding carboxylic acids is 2. The molecule has 0 aliphatic carbocycles. The summed E-state index contributed by atoms with van der Waals surface area (Å²) in [6, 6.07) is 11.3. The van der Waals surface area contributed by atoms with Crippen LogP contribution < -0.4 is 0 Å². The first-order valence-corrected chi connectivity index (χ1v) is 10.1. The smallest absolute Gasteiger partial charge is 0.130 e. The van der Waals surface area contributed by atoms with Gasteiger partial charge in [0.2, 0.25) is 0 Å². The molecule has 3 rings (SSSR count). The van der Waals surface area contributed by atoms with Crippen LogP contribution in [0.15, 0.2) is 57.1 Å². The SMILES string of the molecule is CC(=O)CCC1=Nc2ccc(Br)cc2C(c2ccccn2)=N[C@H]1CCC(C)=O. The normalized spacial score (nSPS) is 15.9. The summed E-state index contributed by atoms with van der Waals surface area (Å²) in [5.41, 5.74) is 4.05. The van der Waals surface area contributed by atoms with Gasteiger partial charge in [-0.05, 0) is 57.0 Å². The summed E-state index contributed by atoms with van der Waals surface area (Å²) < 4.78 is 0.928. The fourth-order valence-corrected chi connectivity index (χ4v) is 3.49. The van der Waals surface area contributed by atoms with Crippen molar-refractivity contribution in [3.8, 4) is 0 Å². The van der Waals surface area contributed by atoms with E-state index in [2.05, 4.69) is 20.9 Å². The van der Waals surface area contributed by atoms with Gasteiger partial charge in [-0.1, -0.05) is 22.0 Å². The number of rotatable bonds is 7. The molecule has 1 aliphatic heterocycles. The Morgan fingerprint density at radius 2 is 1.86 bits per heavy atom. The molecule has 0 N–H and O–H groups in total. The van der Waals surface area contributed by atoms with E-state index in [9.17, 15) is 9.59 Å². The molecule has 1 atom stereocenters. The maximum atomic E-state index is 11.6. The Morgan fingerprint density at radius 1 is 1.07 bits per heavy atom. The van der Waals surface area contributed by atoms with E-state index in [1.807, 2.05) is 36.4 Å². The number of benzene rings is 1. The van der Waals surface area contributed by atoms with Crippen molar-refractivity contribution in [3.05, 3.63) is 58.3 Å². The van der Waals surface area contributed by atoms with Crippen LogP contribution in [0.2, 0.25) is 0 Å². The van der Waals surface area contributed by atoms with Crippen molar-refractivity contribution < 1.29 is 9.59 Å². The molecule has 5 nitrogen and oxygen atoms in total. The highest BCUT2D eigenvalue weighted by Gasteiger charge is 2.24. The van der Waals surface area contributed by atoms with E-state index in [4.69, 9.17) is 9.98 Å². The van der Waals surface area contributed by atoms with E-state index in [-0.39, 0.29) is 17.6 Å². The number of carbonyl (C=O) groups is 2. The molecule has 0 radical (unpaired) electrons. The van der Waals surface area contributed by atoms with Crippen LogP contribution in [0.3, 0.4) is 0 Å². The molecule has 1 aromatic carbocycles. The maximum absolute atomic E-state index is 11.6. The lowest BCUT2D eigenvalue weighted by molar-refractivity contribution is -0.117. The van der Waals surface area contributed by atoms with Crippen molar-refractivity contribution in [2.45, 2.75) is 45.6 Å². The van der Waals surface area contributed by atoms with Gasteiger partial charge in [0.25, 0.3) is 0 Å². The van der Waals surface area contributed by atoms with Gasteiger partial charge in [0, 0.05) is 34.8 Å². The number of hydrogen-bond acceptors (Lipinski definition) is 5. The Morgan fingerprint density at radius 3 is 2.54 bits per heavy atom. The average Bonchev–Trinajstić information content (AvgIpc) is 2.82. The highest BCUT2D eigenvalue weighted by molar-refractivity contribution is 9.10. The first-order valence-electron chi connectivity index (χ1n) is 9.29. The minimum absolute atomic E-state index is 0.113. The van der Waals surface area contributed by atoms with Gasteiger partial charge in [0.1, 0.15) is 11.6 Å². The number of nitrogens with zero attached hydrogens (tertiary/aromatic N) is 3. The summed E-state index contributed by atoms with van der Waals surface area (Å²) in [5.74, 6) is 0.229. The molecular formula is C22H22BrN3O2. The van der Waals surface area contributed by atoms with Crippen molar-refractivity contribution in [2.24, 2.45) is 9.98 Å². The van der Waals surface area contributed by atoms with E-state index in [1.165, 1.54) is 0 Å². The number of hydrogen-bond donors (Lipinski definition) is 0. The summed E-state index contributed by atoms with van der Waals surface area (Å²) >= 11 is 3.53. The summed E-state index contributed by atoms with van der Waals surface area (Å²) in [6.07, 6.45) is 3.67. The second-order valence-electron chi connectivity index (χ2n) is 6.92. The van der Waals surface area contributed by atoms with Gasteiger partial charge in [-0.25, -0.2) is 0 Å². The number of Topliss-reactive ketones (excluding diaryl/α,β-unsaturated/α-hetero) is 2. The fraction of sp³-hybridized carbons (Fsp3) is 0.318. The molecule has 2 heterocycles. The molecule has 2 aromatic rings. The van der Waals surface area contributed by atoms with E-state index < -0.39 is 0 Å². The quantitative estimate of drug-likeness (QED) is 0.617. The summed E-state index contributed by atoms with van der Waals surface area (Å²) in [4.78, 5) is 37.5. The number of aromatic nitrogens is 1. The minimum atomic E-state index is -0.258. The first kappa shape index (κ1) is 20.3. The summed E-state index contributed by atoms with van der Waals surface area (Å²) in [6.45, 7) is 3.16. The van der Waals surface area contributed by atoms with Crippen LogP contribution in [0.1, 0.15) is 50.8 Å². The third-order valence-electron chi connectivity index (χ3n) is 4.56. The van der Waals surface area contributed by atoms with Gasteiger partial charge in [0.15, 0.2) is 0 Å². The molecular weight excluding hydrogens is 418 g/mol. The van der Waals surface area contributed by atoms with Gasteiger partial charge < -0.3 is 9.59 Å². The van der Waals surface area contributed by atoms with Gasteiger partial charge in [0.05, 0.1) is 23.1 Å². The number of halogens is 1. The fourth-order valence-electron chi connectivity index (χ4n) is 3.13. The predicted octanol–water partition coefficient (Wildman–Crippen LogP) is 4.87. The number of pyridine rings is 1. The maximum Gasteiger partial charge on any atom is 0.130 e. The summed E-state index contributed by atoms with van der Waals surface area (Å²) in [5, 5.41) is 0. The van der Waals surface area contributed by atoms with Gasteiger partial charge in [-0.3, -0.25) is 15.0 Å². The van der Waals surface area contributed by atoms with Crippen LogP contribution in [0, 0.1) is 0 Å². The third-order valence-corrected chi connectivity index (χ3v) is 5.05. The zero-order valence-electron chi connectivity index (χ0n) is 16.0. The topological polar surface area (TPSA) is 71.8 Å². The van der Waals surface area contributed by atoms with Crippen molar-refractivity contribution in [1.29, 1.82) is 0 Å². The lowest BCUT2D eigenvalue weighted by atomic mass is 10.00. The molecule has 6 heteroatoms. The molecule has 0 fully saturated rings. The molecule has 0 amide bonds. The monoisotopic (exact) mass is 439 g/mol. The molecule has 0 bridgehead atoms. The second-order valence-corrected chi connectivity index (χ2v) is 7.83. The van der Waals surface area contributed by atoms with Crippen molar-refractivity contribution in [3.63, 3.8) is 0 Å². The minimum Gasteiger partial charge on any atom is -0.300 e. The summed E-state index contributed by atoms with van der Waals surface area (Å²) in [7, 11) is 0. The van der Waals surface area contributed by atoms with Crippen LogP contribution in [0.25, 0.3) is 0 Å². The van der Waals surface area contributed by atoms with E-state index in [0.29, 0.717) is 25.7 Å². The number of aliphatic imine (C=N–C) groups is 2. The Balaban J connectivity index is 2.13. The standard InChI is InChI=1S/C22H22BrN3O2/c1-14(27)6-9-19-20(10-7-15(2)28)26-22(21-5-3-4-12-24-21)17-13-16(23)8-11-18(17)25-19/h3-5,8,11-13,20H,6-7,9-10H2,1-2H3/t20-/m0/s1. The Kier molecular flexibility index (Phi) is 6.62. The molecule has 144 valence electrons. The Hall–Kier alpha value is -2.47. The zero-order chi connectivity index (χ0) is 20.1. The van der Waals surface area contributed by atoms with Crippen molar-refractivity contribution in [2.75, 3.05) is 0 Å². The van der Waals surface area contributed by atoms with Gasteiger partial charge >= 0.3 is 0 Å². The van der Waals surface area contributed by atoms with E-state index in [1.54, 1.807) is 20.0 Å². The van der Waals surface area contributed by atoms with Crippen molar-refractivity contribution in [1.82, 2.24) is 4.98 Å². The third kappa shape index (κ3) is 5.07. The van der Waals surface area contributed by atoms with Crippen LogP contribution in [0.4, 0.5) is 5.69 Å². The lowest BCUT2D eigenvalue weighted by Gasteiger charge is -2.14. The highest BCUT2D eigenvalue weighted by atomic mass is 79.9. The second kappa shape index (κ2) is 9.15. The highest BCUT2D eigenvalue weighted by Crippen LogP contribution is 2.31. The van der Waals surface area contributed by atoms with E-state index >= 15 is 0 Å². The number of ketones is 2. The average molecular weight is 440 g/mol. The molecule has 28 heavy (non-hydrogen) atoms. The van der Waals surface area contributed by atoms with Crippen LogP contribution in [-0.4, -0.2) is 34.0 Å². The van der Waals surface area contributed by atoms with Crippen LogP contribution in [-0.2, 0) is 9.59 Å². The van der Waals surface area contributed by atoms with Crippen LogP contribution >= 0.6 is 15.9 Å². The Bertz CT molecular complexity index is 952. The van der Waals surface area contributed by atoms with Gasteiger partial charge in [-0.15, -0.1) is 0 Å². The van der Waals surface area contributed by atoms with E-state index in [0.717, 1.165) is 32.8 Å². The molecule has 0 spiro atoms. The molecule has 0 saturated heterocycles. The predicted molar refractivity (Wildman–Crippen MR) is 115 cm³/mol. The Labute approximate surface area is 173 Å². The lowest BCUT2D eigenvalue weighted by Crippen LogP contribution is -2.22.